The number of ether oxygens (including phenoxy) is 2. The fourth-order valence-corrected chi connectivity index (χ4v) is 2.86. The van der Waals surface area contributed by atoms with Gasteiger partial charge in [-0.1, -0.05) is 6.07 Å². The molecule has 0 unspecified atom stereocenters. The van der Waals surface area contributed by atoms with Crippen LogP contribution in [0.5, 0.6) is 5.75 Å². The maximum Gasteiger partial charge on any atom is 0.343 e. The molecule has 6 nitrogen and oxygen atoms in total. The second-order valence-corrected chi connectivity index (χ2v) is 6.20. The fourth-order valence-electron chi connectivity index (χ4n) is 1.48. The molecule has 1 aliphatic rings. The first-order valence-corrected chi connectivity index (χ1v) is 7.37. The molecule has 2 rings (SSSR count). The molecule has 1 aliphatic carbocycles. The van der Waals surface area contributed by atoms with Crippen molar-refractivity contribution in [3.63, 3.8) is 0 Å². The zero-order valence-electron chi connectivity index (χ0n) is 10.5. The Labute approximate surface area is 111 Å². The van der Waals surface area contributed by atoms with Crippen molar-refractivity contribution in [1.29, 1.82) is 0 Å². The van der Waals surface area contributed by atoms with E-state index in [9.17, 15) is 13.2 Å². The van der Waals surface area contributed by atoms with Crippen LogP contribution in [0.4, 0.5) is 5.69 Å². The van der Waals surface area contributed by atoms with E-state index in [1.807, 2.05) is 0 Å². The molecule has 104 valence electrons. The van der Waals surface area contributed by atoms with Crippen LogP contribution >= 0.6 is 0 Å². The molecule has 0 atom stereocenters. The van der Waals surface area contributed by atoms with Gasteiger partial charge >= 0.3 is 5.97 Å². The number of hydrogen-bond acceptors (Lipinski definition) is 5. The summed E-state index contributed by atoms with van der Waals surface area (Å²) in [6.45, 7) is -0.213. The standard InChI is InChI=1S/C12H15NO5S/c1-17-12(14)8-18-10-4-2-3-9(7-10)13-19(15,16)11-5-6-11/h2-4,7,11,13H,5-6,8H2,1H3. The zero-order valence-corrected chi connectivity index (χ0v) is 11.3. The van der Waals surface area contributed by atoms with Crippen LogP contribution in [0.25, 0.3) is 0 Å². The van der Waals surface area contributed by atoms with Crippen LogP contribution in [0.15, 0.2) is 24.3 Å². The molecule has 1 saturated carbocycles. The van der Waals surface area contributed by atoms with Gasteiger partial charge < -0.3 is 9.47 Å². The number of nitrogens with one attached hydrogen (secondary N) is 1. The summed E-state index contributed by atoms with van der Waals surface area (Å²) in [4.78, 5) is 10.9. The quantitative estimate of drug-likeness (QED) is 0.793. The lowest BCUT2D eigenvalue weighted by atomic mass is 10.3. The lowest BCUT2D eigenvalue weighted by Crippen LogP contribution is -2.17. The highest BCUT2D eigenvalue weighted by Gasteiger charge is 2.35. The SMILES string of the molecule is COC(=O)COc1cccc(NS(=O)(=O)C2CC2)c1. The van der Waals surface area contributed by atoms with Crippen LogP contribution in [-0.2, 0) is 19.6 Å². The van der Waals surface area contributed by atoms with E-state index in [0.29, 0.717) is 24.3 Å². The molecule has 0 radical (unpaired) electrons. The molecular weight excluding hydrogens is 270 g/mol. The van der Waals surface area contributed by atoms with Crippen molar-refractivity contribution in [2.24, 2.45) is 0 Å². The number of carbonyl (C=O) groups excluding carboxylic acids is 1. The maximum atomic E-state index is 11.8. The number of benzene rings is 1. The minimum atomic E-state index is -3.29. The third kappa shape index (κ3) is 3.85. The molecule has 0 saturated heterocycles. The van der Waals surface area contributed by atoms with Crippen LogP contribution in [0.1, 0.15) is 12.8 Å². The van der Waals surface area contributed by atoms with E-state index in [2.05, 4.69) is 9.46 Å². The first-order valence-electron chi connectivity index (χ1n) is 5.82. The normalized spacial score (nSPS) is 14.8. The second kappa shape index (κ2) is 5.48. The van der Waals surface area contributed by atoms with Crippen molar-refractivity contribution in [3.8, 4) is 5.75 Å². The van der Waals surface area contributed by atoms with E-state index in [-0.39, 0.29) is 11.9 Å². The van der Waals surface area contributed by atoms with Crippen molar-refractivity contribution < 1.29 is 22.7 Å². The number of esters is 1. The minimum absolute atomic E-state index is 0.213. The Morgan fingerprint density at radius 1 is 1.42 bits per heavy atom. The zero-order chi connectivity index (χ0) is 13.9. The third-order valence-electron chi connectivity index (χ3n) is 2.64. The van der Waals surface area contributed by atoms with Crippen molar-refractivity contribution >= 4 is 21.7 Å². The summed E-state index contributed by atoms with van der Waals surface area (Å²) in [5.74, 6) is -0.0923. The number of anilines is 1. The Hall–Kier alpha value is -1.76. The Kier molecular flexibility index (Phi) is 3.94. The molecule has 0 aliphatic heterocycles. The molecule has 1 aromatic rings. The van der Waals surface area contributed by atoms with E-state index in [4.69, 9.17) is 4.74 Å². The average molecular weight is 285 g/mol. The van der Waals surface area contributed by atoms with Gasteiger partial charge in [-0.05, 0) is 25.0 Å². The number of sulfonamides is 1. The molecule has 0 spiro atoms. The molecule has 0 heterocycles. The van der Waals surface area contributed by atoms with Crippen LogP contribution in [0, 0.1) is 0 Å². The molecule has 0 aromatic heterocycles. The Morgan fingerprint density at radius 2 is 2.16 bits per heavy atom. The van der Waals surface area contributed by atoms with E-state index in [1.54, 1.807) is 18.2 Å². The summed E-state index contributed by atoms with van der Waals surface area (Å²) in [6.07, 6.45) is 1.40. The van der Waals surface area contributed by atoms with Gasteiger partial charge in [0, 0.05) is 6.07 Å². The molecule has 0 amide bonds. The molecule has 1 fully saturated rings. The average Bonchev–Trinajstić information content (AvgIpc) is 3.20. The third-order valence-corrected chi connectivity index (χ3v) is 4.51. The van der Waals surface area contributed by atoms with Gasteiger partial charge in [-0.15, -0.1) is 0 Å². The smallest absolute Gasteiger partial charge is 0.343 e. The largest absolute Gasteiger partial charge is 0.482 e. The molecule has 0 bridgehead atoms. The van der Waals surface area contributed by atoms with Gasteiger partial charge in [-0.2, -0.15) is 0 Å². The van der Waals surface area contributed by atoms with Crippen molar-refractivity contribution in [1.82, 2.24) is 0 Å². The summed E-state index contributed by atoms with van der Waals surface area (Å²) >= 11 is 0. The van der Waals surface area contributed by atoms with Crippen molar-refractivity contribution in [3.05, 3.63) is 24.3 Å². The number of rotatable bonds is 6. The number of hydrogen-bond donors (Lipinski definition) is 1. The molecular formula is C12H15NO5S. The first kappa shape index (κ1) is 13.7. The van der Waals surface area contributed by atoms with E-state index >= 15 is 0 Å². The second-order valence-electron chi connectivity index (χ2n) is 4.24. The summed E-state index contributed by atoms with van der Waals surface area (Å²) in [6, 6.07) is 6.45. The van der Waals surface area contributed by atoms with Crippen molar-refractivity contribution in [2.45, 2.75) is 18.1 Å². The highest BCUT2D eigenvalue weighted by Crippen LogP contribution is 2.30. The fraction of sp³-hybridized carbons (Fsp3) is 0.417. The Bertz CT molecular complexity index is 565. The van der Waals surface area contributed by atoms with Crippen LogP contribution in [0.2, 0.25) is 0 Å². The van der Waals surface area contributed by atoms with E-state index in [1.165, 1.54) is 13.2 Å². The number of carbonyl (C=O) groups is 1. The molecule has 1 N–H and O–H groups in total. The van der Waals surface area contributed by atoms with Gasteiger partial charge in [0.15, 0.2) is 6.61 Å². The summed E-state index contributed by atoms with van der Waals surface area (Å²) < 4.78 is 35.6. The van der Waals surface area contributed by atoms with Gasteiger partial charge in [0.1, 0.15) is 5.75 Å². The lowest BCUT2D eigenvalue weighted by Gasteiger charge is -2.09. The van der Waals surface area contributed by atoms with Gasteiger partial charge in [-0.25, -0.2) is 13.2 Å². The Morgan fingerprint density at radius 3 is 2.79 bits per heavy atom. The highest BCUT2D eigenvalue weighted by molar-refractivity contribution is 7.93. The Balaban J connectivity index is 2.00. The summed E-state index contributed by atoms with van der Waals surface area (Å²) in [7, 11) is -2.02. The van der Waals surface area contributed by atoms with Gasteiger partial charge in [0.2, 0.25) is 10.0 Å². The highest BCUT2D eigenvalue weighted by atomic mass is 32.2. The van der Waals surface area contributed by atoms with Crippen LogP contribution in [-0.4, -0.2) is 33.4 Å². The van der Waals surface area contributed by atoms with Gasteiger partial charge in [-0.3, -0.25) is 4.72 Å². The first-order chi connectivity index (χ1) is 9.01. The molecule has 1 aromatic carbocycles. The summed E-state index contributed by atoms with van der Waals surface area (Å²) in [5.41, 5.74) is 0.425. The lowest BCUT2D eigenvalue weighted by molar-refractivity contribution is -0.142. The van der Waals surface area contributed by atoms with Gasteiger partial charge in [0.05, 0.1) is 18.0 Å². The number of methoxy groups -OCH3 is 1. The molecule has 19 heavy (non-hydrogen) atoms. The van der Waals surface area contributed by atoms with Crippen LogP contribution < -0.4 is 9.46 Å². The monoisotopic (exact) mass is 285 g/mol. The van der Waals surface area contributed by atoms with Crippen molar-refractivity contribution in [2.75, 3.05) is 18.4 Å². The minimum Gasteiger partial charge on any atom is -0.482 e. The van der Waals surface area contributed by atoms with Gasteiger partial charge in [0.25, 0.3) is 0 Å². The van der Waals surface area contributed by atoms with Crippen LogP contribution in [0.3, 0.4) is 0 Å². The topological polar surface area (TPSA) is 81.7 Å². The van der Waals surface area contributed by atoms with E-state index in [0.717, 1.165) is 0 Å². The maximum absolute atomic E-state index is 11.8. The predicted molar refractivity (Wildman–Crippen MR) is 69.5 cm³/mol. The molecule has 7 heteroatoms. The van der Waals surface area contributed by atoms with E-state index < -0.39 is 16.0 Å². The summed E-state index contributed by atoms with van der Waals surface area (Å²) in [5, 5.41) is -0.285. The predicted octanol–water partition coefficient (Wildman–Crippen LogP) is 1.14.